The molecule has 7 heteroatoms. The number of halogens is 3. The maximum Gasteiger partial charge on any atom is 0.422 e. The number of imidazole rings is 1. The van der Waals surface area contributed by atoms with Gasteiger partial charge in [0.2, 0.25) is 0 Å². The van der Waals surface area contributed by atoms with E-state index in [4.69, 9.17) is 4.74 Å². The van der Waals surface area contributed by atoms with Crippen LogP contribution in [0.25, 0.3) is 0 Å². The average Bonchev–Trinajstić information content (AvgIpc) is 3.13. The topological polar surface area (TPSA) is 30.3 Å². The van der Waals surface area contributed by atoms with E-state index in [-0.39, 0.29) is 5.75 Å². The van der Waals surface area contributed by atoms with Crippen LogP contribution in [0.4, 0.5) is 13.2 Å². The van der Waals surface area contributed by atoms with Gasteiger partial charge in [0.05, 0.1) is 12.0 Å². The predicted octanol–water partition coefficient (Wildman–Crippen LogP) is 4.63. The molecule has 1 aliphatic rings. The summed E-state index contributed by atoms with van der Waals surface area (Å²) in [5.41, 5.74) is 4.61. The van der Waals surface area contributed by atoms with Gasteiger partial charge >= 0.3 is 6.18 Å². The molecule has 3 aromatic rings. The number of hydrogen-bond donors (Lipinski definition) is 0. The van der Waals surface area contributed by atoms with Crippen molar-refractivity contribution < 1.29 is 17.9 Å². The first kappa shape index (κ1) is 20.5. The lowest BCUT2D eigenvalue weighted by atomic mass is 10.1. The second-order valence-corrected chi connectivity index (χ2v) is 7.58. The number of aryl methyl sites for hydroxylation is 2. The van der Waals surface area contributed by atoms with Gasteiger partial charge in [0.25, 0.3) is 0 Å². The Morgan fingerprint density at radius 2 is 1.80 bits per heavy atom. The molecule has 0 fully saturated rings. The molecule has 0 atom stereocenters. The van der Waals surface area contributed by atoms with Crippen LogP contribution in [-0.4, -0.2) is 33.8 Å². The third-order valence-electron chi connectivity index (χ3n) is 5.26. The molecule has 0 spiro atoms. The molecule has 0 amide bonds. The molecule has 0 unspecified atom stereocenters. The van der Waals surface area contributed by atoms with Crippen molar-refractivity contribution in [2.24, 2.45) is 0 Å². The molecule has 1 aromatic heterocycles. The fourth-order valence-electron chi connectivity index (χ4n) is 3.80. The Balaban J connectivity index is 1.34. The number of nitrogens with zero attached hydrogens (tertiary/aromatic N) is 3. The van der Waals surface area contributed by atoms with Gasteiger partial charge in [-0.3, -0.25) is 4.90 Å². The minimum atomic E-state index is -4.33. The summed E-state index contributed by atoms with van der Waals surface area (Å²) in [5, 5.41) is 0. The smallest absolute Gasteiger partial charge is 0.422 e. The van der Waals surface area contributed by atoms with Gasteiger partial charge in [-0.2, -0.15) is 13.2 Å². The number of fused-ring (bicyclic) bond motifs is 1. The monoisotopic (exact) mass is 415 g/mol. The number of rotatable bonds is 7. The number of alkyl halides is 3. The van der Waals surface area contributed by atoms with Gasteiger partial charge in [-0.25, -0.2) is 4.98 Å². The first-order valence-electron chi connectivity index (χ1n) is 10.0. The summed E-state index contributed by atoms with van der Waals surface area (Å²) in [4.78, 5) is 6.87. The van der Waals surface area contributed by atoms with Gasteiger partial charge in [-0.05, 0) is 29.7 Å². The second kappa shape index (κ2) is 8.92. The van der Waals surface area contributed by atoms with Crippen molar-refractivity contribution in [3.63, 3.8) is 0 Å². The Morgan fingerprint density at radius 3 is 2.60 bits per heavy atom. The molecule has 0 bridgehead atoms. The van der Waals surface area contributed by atoms with Gasteiger partial charge in [0.15, 0.2) is 6.61 Å². The Morgan fingerprint density at radius 1 is 1.00 bits per heavy atom. The van der Waals surface area contributed by atoms with Gasteiger partial charge in [0, 0.05) is 38.3 Å². The Labute approximate surface area is 173 Å². The number of hydrogen-bond acceptors (Lipinski definition) is 3. The maximum absolute atomic E-state index is 12.4. The van der Waals surface area contributed by atoms with Crippen LogP contribution in [0.15, 0.2) is 60.9 Å². The van der Waals surface area contributed by atoms with Crippen molar-refractivity contribution in [2.75, 3.05) is 13.2 Å². The molecule has 4 nitrogen and oxygen atoms in total. The zero-order valence-corrected chi connectivity index (χ0v) is 16.6. The van der Waals surface area contributed by atoms with Crippen molar-refractivity contribution in [1.82, 2.24) is 14.5 Å². The van der Waals surface area contributed by atoms with Crippen LogP contribution >= 0.6 is 0 Å². The standard InChI is InChI=1S/C23H24F3N3O/c24-23(25,26)16-30-20-8-4-7-19(13-20)14-28-11-10-22-21(15-28)27-17-29(22)12-9-18-5-2-1-3-6-18/h1-8,13,17H,9-12,14-16H2. The van der Waals surface area contributed by atoms with E-state index in [1.54, 1.807) is 18.2 Å². The molecular formula is C23H24F3N3O. The molecule has 158 valence electrons. The van der Waals surface area contributed by atoms with E-state index >= 15 is 0 Å². The minimum absolute atomic E-state index is 0.243. The van der Waals surface area contributed by atoms with Crippen LogP contribution in [0.3, 0.4) is 0 Å². The molecule has 0 radical (unpaired) electrons. The quantitative estimate of drug-likeness (QED) is 0.564. The molecule has 0 saturated carbocycles. The van der Waals surface area contributed by atoms with Crippen molar-refractivity contribution >= 4 is 0 Å². The minimum Gasteiger partial charge on any atom is -0.484 e. The molecule has 1 aliphatic heterocycles. The summed E-state index contributed by atoms with van der Waals surface area (Å²) in [7, 11) is 0. The zero-order valence-electron chi connectivity index (χ0n) is 16.6. The Kier molecular flexibility index (Phi) is 6.08. The maximum atomic E-state index is 12.4. The van der Waals surface area contributed by atoms with Crippen LogP contribution in [-0.2, 0) is 32.5 Å². The summed E-state index contributed by atoms with van der Waals surface area (Å²) in [6.07, 6.45) is -0.534. The third kappa shape index (κ3) is 5.42. The SMILES string of the molecule is FC(F)(F)COc1cccc(CN2CCc3c(ncn3CCc3ccccc3)C2)c1. The number of benzene rings is 2. The molecule has 0 saturated heterocycles. The highest BCUT2D eigenvalue weighted by Crippen LogP contribution is 2.23. The summed E-state index contributed by atoms with van der Waals surface area (Å²) in [6.45, 7) is 1.91. The molecule has 4 rings (SSSR count). The van der Waals surface area contributed by atoms with E-state index < -0.39 is 12.8 Å². The second-order valence-electron chi connectivity index (χ2n) is 7.58. The third-order valence-corrected chi connectivity index (χ3v) is 5.26. The van der Waals surface area contributed by atoms with Crippen LogP contribution in [0.2, 0.25) is 0 Å². The summed E-state index contributed by atoms with van der Waals surface area (Å²) < 4.78 is 44.2. The van der Waals surface area contributed by atoms with Crippen molar-refractivity contribution in [2.45, 2.75) is 38.7 Å². The van der Waals surface area contributed by atoms with Crippen molar-refractivity contribution in [3.05, 3.63) is 83.4 Å². The van der Waals surface area contributed by atoms with E-state index in [9.17, 15) is 13.2 Å². The van der Waals surface area contributed by atoms with Crippen LogP contribution in [0, 0.1) is 0 Å². The van der Waals surface area contributed by atoms with E-state index in [2.05, 4.69) is 38.7 Å². The van der Waals surface area contributed by atoms with E-state index in [0.29, 0.717) is 6.54 Å². The highest BCUT2D eigenvalue weighted by atomic mass is 19.4. The highest BCUT2D eigenvalue weighted by molar-refractivity contribution is 5.29. The van der Waals surface area contributed by atoms with Crippen molar-refractivity contribution in [3.8, 4) is 5.75 Å². The van der Waals surface area contributed by atoms with E-state index in [1.807, 2.05) is 18.5 Å². The Bertz CT molecular complexity index is 969. The lowest BCUT2D eigenvalue weighted by Gasteiger charge is -2.27. The molecule has 30 heavy (non-hydrogen) atoms. The van der Waals surface area contributed by atoms with Gasteiger partial charge in [-0.15, -0.1) is 0 Å². The Hall–Kier alpha value is -2.80. The lowest BCUT2D eigenvalue weighted by Crippen LogP contribution is -2.31. The lowest BCUT2D eigenvalue weighted by molar-refractivity contribution is -0.153. The largest absolute Gasteiger partial charge is 0.484 e. The molecule has 0 N–H and O–H groups in total. The first-order chi connectivity index (χ1) is 14.5. The molecular weight excluding hydrogens is 391 g/mol. The predicted molar refractivity (Wildman–Crippen MR) is 108 cm³/mol. The van der Waals surface area contributed by atoms with Gasteiger partial charge in [-0.1, -0.05) is 42.5 Å². The zero-order chi connectivity index (χ0) is 21.0. The fraction of sp³-hybridized carbons (Fsp3) is 0.348. The summed E-state index contributed by atoms with van der Waals surface area (Å²) in [6, 6.07) is 17.3. The first-order valence-corrected chi connectivity index (χ1v) is 10.0. The fourth-order valence-corrected chi connectivity index (χ4v) is 3.80. The van der Waals surface area contributed by atoms with E-state index in [0.717, 1.165) is 43.7 Å². The summed E-state index contributed by atoms with van der Waals surface area (Å²) >= 11 is 0. The van der Waals surface area contributed by atoms with Crippen LogP contribution < -0.4 is 4.74 Å². The molecule has 2 heterocycles. The van der Waals surface area contributed by atoms with Crippen molar-refractivity contribution in [1.29, 1.82) is 0 Å². The van der Waals surface area contributed by atoms with E-state index in [1.165, 1.54) is 11.3 Å². The normalized spacial score (nSPS) is 14.5. The van der Waals surface area contributed by atoms with Gasteiger partial charge < -0.3 is 9.30 Å². The highest BCUT2D eigenvalue weighted by Gasteiger charge is 2.28. The number of aromatic nitrogens is 2. The van der Waals surface area contributed by atoms with Crippen LogP contribution in [0.5, 0.6) is 5.75 Å². The number of ether oxygens (including phenoxy) is 1. The molecule has 0 aliphatic carbocycles. The van der Waals surface area contributed by atoms with Gasteiger partial charge in [0.1, 0.15) is 5.75 Å². The summed E-state index contributed by atoms with van der Waals surface area (Å²) in [5.74, 6) is 0.243. The molecule has 2 aromatic carbocycles. The van der Waals surface area contributed by atoms with Crippen LogP contribution in [0.1, 0.15) is 22.5 Å². The average molecular weight is 415 g/mol.